The van der Waals surface area contributed by atoms with Crippen LogP contribution in [0, 0.1) is 5.92 Å². The van der Waals surface area contributed by atoms with Crippen LogP contribution in [0.3, 0.4) is 0 Å². The fourth-order valence-corrected chi connectivity index (χ4v) is 5.21. The van der Waals surface area contributed by atoms with Gasteiger partial charge in [0.1, 0.15) is 5.82 Å². The molecule has 32 heavy (non-hydrogen) atoms. The van der Waals surface area contributed by atoms with Crippen molar-refractivity contribution in [2.24, 2.45) is 5.92 Å². The van der Waals surface area contributed by atoms with Crippen LogP contribution in [-0.4, -0.2) is 43.2 Å². The van der Waals surface area contributed by atoms with Gasteiger partial charge < -0.3 is 20.7 Å². The van der Waals surface area contributed by atoms with Crippen LogP contribution in [0.4, 0.5) is 11.5 Å². The summed E-state index contributed by atoms with van der Waals surface area (Å²) in [7, 11) is 0. The van der Waals surface area contributed by atoms with Crippen LogP contribution in [-0.2, 0) is 11.2 Å². The number of nitrogen functional groups attached to an aromatic ring is 1. The van der Waals surface area contributed by atoms with Crippen LogP contribution in [0.15, 0.2) is 54.7 Å². The van der Waals surface area contributed by atoms with Crippen LogP contribution < -0.4 is 16.0 Å². The van der Waals surface area contributed by atoms with E-state index in [9.17, 15) is 4.79 Å². The molecule has 3 aromatic rings. The maximum Gasteiger partial charge on any atom is 0.251 e. The second-order valence-corrected chi connectivity index (χ2v) is 8.94. The molecule has 0 radical (unpaired) electrons. The first-order valence-electron chi connectivity index (χ1n) is 11.3. The van der Waals surface area contributed by atoms with E-state index >= 15 is 0 Å². The predicted octanol–water partition coefficient (Wildman–Crippen LogP) is 3.51. The first kappa shape index (κ1) is 19.3. The molecular weight excluding hydrogens is 400 g/mol. The molecule has 1 aromatic heterocycles. The molecule has 0 saturated carbocycles. The van der Waals surface area contributed by atoms with Crippen molar-refractivity contribution in [3.8, 4) is 22.3 Å². The third-order valence-corrected chi connectivity index (χ3v) is 7.03. The summed E-state index contributed by atoms with van der Waals surface area (Å²) in [5.74, 6) is 1.15. The van der Waals surface area contributed by atoms with Crippen molar-refractivity contribution in [1.29, 1.82) is 0 Å². The molecule has 2 atom stereocenters. The topological polar surface area (TPSA) is 80.5 Å². The van der Waals surface area contributed by atoms with Gasteiger partial charge in [0.2, 0.25) is 0 Å². The number of carbonyl (C=O) groups excluding carboxylic acids is 1. The highest BCUT2D eigenvalue weighted by Crippen LogP contribution is 2.34. The van der Waals surface area contributed by atoms with E-state index in [0.717, 1.165) is 59.5 Å². The molecule has 1 amide bonds. The Bertz CT molecular complexity index is 1180. The summed E-state index contributed by atoms with van der Waals surface area (Å²) < 4.78 is 5.84. The molecule has 2 fully saturated rings. The van der Waals surface area contributed by atoms with Crippen LogP contribution in [0.25, 0.3) is 22.3 Å². The van der Waals surface area contributed by atoms with Crippen molar-refractivity contribution >= 4 is 17.4 Å². The number of ether oxygens (including phenoxy) is 1. The quantitative estimate of drug-likeness (QED) is 0.670. The number of hydrogen-bond acceptors (Lipinski definition) is 5. The molecule has 0 bridgehead atoms. The van der Waals surface area contributed by atoms with Crippen molar-refractivity contribution in [3.63, 3.8) is 0 Å². The van der Waals surface area contributed by atoms with E-state index in [-0.39, 0.29) is 5.91 Å². The van der Waals surface area contributed by atoms with Gasteiger partial charge in [-0.3, -0.25) is 4.79 Å². The largest absolute Gasteiger partial charge is 0.383 e. The van der Waals surface area contributed by atoms with Crippen molar-refractivity contribution < 1.29 is 9.53 Å². The number of carbonyl (C=O) groups is 1. The van der Waals surface area contributed by atoms with Crippen molar-refractivity contribution in [2.45, 2.75) is 18.9 Å². The lowest BCUT2D eigenvalue weighted by molar-refractivity contribution is 0.0946. The second kappa shape index (κ2) is 7.64. The predicted molar refractivity (Wildman–Crippen MR) is 126 cm³/mol. The number of nitrogens with zero attached hydrogens (tertiary/aromatic N) is 2. The Morgan fingerprint density at radius 2 is 1.84 bits per heavy atom. The van der Waals surface area contributed by atoms with E-state index in [1.807, 2.05) is 18.3 Å². The molecule has 3 aliphatic heterocycles. The molecule has 6 rings (SSSR count). The molecule has 0 unspecified atom stereocenters. The number of rotatable bonds is 3. The molecule has 0 aliphatic carbocycles. The summed E-state index contributed by atoms with van der Waals surface area (Å²) in [6.07, 6.45) is 4.22. The lowest BCUT2D eigenvalue weighted by Crippen LogP contribution is -2.31. The van der Waals surface area contributed by atoms with Gasteiger partial charge in [-0.2, -0.15) is 0 Å². The van der Waals surface area contributed by atoms with Gasteiger partial charge in [-0.1, -0.05) is 24.3 Å². The normalized spacial score (nSPS) is 21.9. The first-order valence-corrected chi connectivity index (χ1v) is 11.3. The van der Waals surface area contributed by atoms with Crippen molar-refractivity contribution in [3.05, 3.63) is 65.9 Å². The summed E-state index contributed by atoms with van der Waals surface area (Å²) in [5.41, 5.74) is 13.3. The Kier molecular flexibility index (Phi) is 4.61. The van der Waals surface area contributed by atoms with Gasteiger partial charge in [-0.25, -0.2) is 4.98 Å². The smallest absolute Gasteiger partial charge is 0.251 e. The Hall–Kier alpha value is -3.38. The zero-order chi connectivity index (χ0) is 21.7. The van der Waals surface area contributed by atoms with E-state index < -0.39 is 0 Å². The van der Waals surface area contributed by atoms with Crippen LogP contribution in [0.5, 0.6) is 0 Å². The minimum atomic E-state index is -0.00840. The third-order valence-electron chi connectivity index (χ3n) is 7.03. The number of amides is 1. The summed E-state index contributed by atoms with van der Waals surface area (Å²) in [6.45, 7) is 3.63. The van der Waals surface area contributed by atoms with Gasteiger partial charge in [-0.15, -0.1) is 0 Å². The maximum absolute atomic E-state index is 12.1. The molecule has 6 nitrogen and oxygen atoms in total. The SMILES string of the molecule is Nc1ncc(-c2ccc(N3C[C@@H]4CCO[C@@H]4C3)cc2)cc1-c1ccc2c(c1)CCNC2=O. The summed E-state index contributed by atoms with van der Waals surface area (Å²) in [6, 6.07) is 16.7. The van der Waals surface area contributed by atoms with Crippen LogP contribution in [0.2, 0.25) is 0 Å². The van der Waals surface area contributed by atoms with Gasteiger partial charge in [-0.05, 0) is 53.8 Å². The Labute approximate surface area is 187 Å². The third kappa shape index (κ3) is 3.31. The molecule has 3 N–H and O–H groups in total. The number of pyridine rings is 1. The van der Waals surface area contributed by atoms with E-state index in [0.29, 0.717) is 24.4 Å². The van der Waals surface area contributed by atoms with Gasteiger partial charge in [0, 0.05) is 60.7 Å². The zero-order valence-corrected chi connectivity index (χ0v) is 17.9. The Morgan fingerprint density at radius 1 is 1.00 bits per heavy atom. The van der Waals surface area contributed by atoms with Crippen molar-refractivity contribution in [1.82, 2.24) is 10.3 Å². The number of benzene rings is 2. The summed E-state index contributed by atoms with van der Waals surface area (Å²) in [4.78, 5) is 19.0. The van der Waals surface area contributed by atoms with Crippen LogP contribution in [0.1, 0.15) is 22.3 Å². The van der Waals surface area contributed by atoms with Gasteiger partial charge in [0.25, 0.3) is 5.91 Å². The highest BCUT2D eigenvalue weighted by atomic mass is 16.5. The number of aromatic nitrogens is 1. The number of hydrogen-bond donors (Lipinski definition) is 2. The molecule has 4 heterocycles. The fraction of sp³-hybridized carbons (Fsp3) is 0.308. The molecule has 2 saturated heterocycles. The lowest BCUT2D eigenvalue weighted by atomic mass is 9.94. The standard InChI is InChI=1S/C26H26N4O2/c27-25-23(17-3-6-22-18(11-17)7-9-28-26(22)31)12-20(13-29-25)16-1-4-21(5-2-16)30-14-19-8-10-32-24(19)15-30/h1-6,11-13,19,24H,7-10,14-15H2,(H2,27,29)(H,28,31)/t19-,24+/m0/s1. The Morgan fingerprint density at radius 3 is 2.69 bits per heavy atom. The van der Waals surface area contributed by atoms with Gasteiger partial charge >= 0.3 is 0 Å². The monoisotopic (exact) mass is 426 g/mol. The molecular formula is C26H26N4O2. The van der Waals surface area contributed by atoms with Crippen molar-refractivity contribution in [2.75, 3.05) is 36.9 Å². The molecule has 0 spiro atoms. The highest BCUT2D eigenvalue weighted by Gasteiger charge is 2.37. The Balaban J connectivity index is 1.28. The molecule has 162 valence electrons. The maximum atomic E-state index is 12.1. The number of nitrogens with one attached hydrogen (secondary N) is 1. The average molecular weight is 427 g/mol. The summed E-state index contributed by atoms with van der Waals surface area (Å²) >= 11 is 0. The van der Waals surface area contributed by atoms with E-state index in [4.69, 9.17) is 10.5 Å². The van der Waals surface area contributed by atoms with Gasteiger partial charge in [0.05, 0.1) is 6.10 Å². The number of nitrogens with two attached hydrogens (primary N) is 1. The van der Waals surface area contributed by atoms with E-state index in [1.165, 1.54) is 12.1 Å². The van der Waals surface area contributed by atoms with E-state index in [1.54, 1.807) is 0 Å². The van der Waals surface area contributed by atoms with Gasteiger partial charge in [0.15, 0.2) is 0 Å². The molecule has 3 aliphatic rings. The lowest BCUT2D eigenvalue weighted by Gasteiger charge is -2.20. The average Bonchev–Trinajstić information content (AvgIpc) is 3.42. The number of anilines is 2. The minimum absolute atomic E-state index is 0.00840. The molecule has 6 heteroatoms. The second-order valence-electron chi connectivity index (χ2n) is 8.94. The van der Waals surface area contributed by atoms with Crippen LogP contribution >= 0.6 is 0 Å². The zero-order valence-electron chi connectivity index (χ0n) is 17.9. The highest BCUT2D eigenvalue weighted by molar-refractivity contribution is 5.97. The first-order chi connectivity index (χ1) is 15.7. The minimum Gasteiger partial charge on any atom is -0.383 e. The van der Waals surface area contributed by atoms with E-state index in [2.05, 4.69) is 51.6 Å². The molecule has 2 aromatic carbocycles. The fourth-order valence-electron chi connectivity index (χ4n) is 5.21. The summed E-state index contributed by atoms with van der Waals surface area (Å²) in [5, 5.41) is 2.89. The number of fused-ring (bicyclic) bond motifs is 2.